The summed E-state index contributed by atoms with van der Waals surface area (Å²) in [6.45, 7) is 2.50. The lowest BCUT2D eigenvalue weighted by Gasteiger charge is -2.61. The Bertz CT molecular complexity index is 650. The van der Waals surface area contributed by atoms with Crippen molar-refractivity contribution < 1.29 is 27.4 Å². The van der Waals surface area contributed by atoms with Crippen LogP contribution in [0.1, 0.15) is 96.8 Å². The van der Waals surface area contributed by atoms with Crippen molar-refractivity contribution in [1.29, 1.82) is 0 Å². The smallest absolute Gasteiger partial charge is 0.341 e. The second kappa shape index (κ2) is 6.59. The number of aliphatic hydroxyl groups is 1. The summed E-state index contributed by atoms with van der Waals surface area (Å²) in [6, 6.07) is 0. The van der Waals surface area contributed by atoms with Crippen LogP contribution in [0.15, 0.2) is 0 Å². The second-order valence-electron chi connectivity index (χ2n) is 11.8. The monoisotopic (exact) mass is 432 g/mol. The number of hydrogen-bond acceptors (Lipinski definition) is 2. The Morgan fingerprint density at radius 3 is 1.80 bits per heavy atom. The van der Waals surface area contributed by atoms with Gasteiger partial charge in [0, 0.05) is 0 Å². The van der Waals surface area contributed by atoms with E-state index in [0.717, 1.165) is 50.4 Å². The van der Waals surface area contributed by atoms with Gasteiger partial charge in [-0.25, -0.2) is 0 Å². The van der Waals surface area contributed by atoms with Gasteiger partial charge in [0.25, 0.3) is 0 Å². The van der Waals surface area contributed by atoms with Crippen molar-refractivity contribution in [3.8, 4) is 0 Å². The molecule has 0 aromatic carbocycles. The highest BCUT2D eigenvalue weighted by Crippen LogP contribution is 2.66. The third-order valence-electron chi connectivity index (χ3n) is 10.4. The van der Waals surface area contributed by atoms with E-state index in [-0.39, 0.29) is 37.7 Å². The lowest BCUT2D eigenvalue weighted by molar-refractivity contribution is -0.405. The van der Waals surface area contributed by atoms with Gasteiger partial charge >= 0.3 is 11.8 Å². The van der Waals surface area contributed by atoms with E-state index in [0.29, 0.717) is 5.41 Å². The van der Waals surface area contributed by atoms with Crippen LogP contribution in [0.2, 0.25) is 0 Å². The van der Waals surface area contributed by atoms with E-state index in [2.05, 4.69) is 6.92 Å². The Labute approximate surface area is 177 Å². The lowest BCUT2D eigenvalue weighted by Crippen LogP contribution is -2.76. The first-order valence-electron chi connectivity index (χ1n) is 12.1. The summed E-state index contributed by atoms with van der Waals surface area (Å²) in [5.74, 6) is -7.13. The van der Waals surface area contributed by atoms with Crippen LogP contribution in [0.3, 0.4) is 0 Å². The van der Waals surface area contributed by atoms with Gasteiger partial charge in [0.05, 0.1) is 6.61 Å². The van der Waals surface area contributed by atoms with E-state index in [1.165, 1.54) is 25.7 Å². The third-order valence-corrected chi connectivity index (χ3v) is 10.4. The number of halogens is 4. The fourth-order valence-electron chi connectivity index (χ4n) is 7.79. The predicted octanol–water partition coefficient (Wildman–Crippen LogP) is 6.50. The maximum atomic E-state index is 14.9. The molecule has 0 aliphatic heterocycles. The Balaban J connectivity index is 1.26. The average Bonchev–Trinajstić information content (AvgIpc) is 2.74. The first-order valence-corrected chi connectivity index (χ1v) is 12.1. The summed E-state index contributed by atoms with van der Waals surface area (Å²) >= 11 is 0. The van der Waals surface area contributed by atoms with E-state index in [4.69, 9.17) is 4.74 Å². The highest BCUT2D eigenvalue weighted by molar-refractivity contribution is 5.21. The van der Waals surface area contributed by atoms with Crippen molar-refractivity contribution in [2.75, 3.05) is 6.61 Å². The van der Waals surface area contributed by atoms with E-state index in [1.54, 1.807) is 0 Å². The van der Waals surface area contributed by atoms with Crippen molar-refractivity contribution in [3.63, 3.8) is 0 Å². The van der Waals surface area contributed by atoms with E-state index >= 15 is 0 Å². The largest absolute Gasteiger partial charge is 0.383 e. The molecule has 0 saturated heterocycles. The minimum Gasteiger partial charge on any atom is -0.383 e. The zero-order chi connectivity index (χ0) is 21.5. The number of alkyl halides is 4. The summed E-state index contributed by atoms with van der Waals surface area (Å²) in [5.41, 5.74) is -4.42. The van der Waals surface area contributed by atoms with Crippen molar-refractivity contribution in [3.05, 3.63) is 0 Å². The SMILES string of the molecule is CC1CCC(C23CCC(COC45CCC(O)(CC4)C(F)(F)C5(F)F)(CC2)CC3)CC1. The molecule has 2 nitrogen and oxygen atoms in total. The van der Waals surface area contributed by atoms with Crippen LogP contribution in [0.5, 0.6) is 0 Å². The molecule has 7 fully saturated rings. The topological polar surface area (TPSA) is 29.5 Å². The molecule has 0 aromatic heterocycles. The molecular formula is C24H36F4O2. The zero-order valence-corrected chi connectivity index (χ0v) is 18.1. The predicted molar refractivity (Wildman–Crippen MR) is 106 cm³/mol. The number of ether oxygens (including phenoxy) is 1. The van der Waals surface area contributed by atoms with Crippen molar-refractivity contribution in [2.45, 2.75) is 120 Å². The molecule has 1 N–H and O–H groups in total. The van der Waals surface area contributed by atoms with Crippen molar-refractivity contribution in [1.82, 2.24) is 0 Å². The van der Waals surface area contributed by atoms with Crippen LogP contribution < -0.4 is 0 Å². The molecule has 172 valence electrons. The summed E-state index contributed by atoms with van der Waals surface area (Å²) in [4.78, 5) is 0. The first-order chi connectivity index (χ1) is 14.0. The van der Waals surface area contributed by atoms with Gasteiger partial charge < -0.3 is 9.84 Å². The molecule has 0 heterocycles. The molecule has 4 bridgehead atoms. The minimum absolute atomic E-state index is 0.130. The minimum atomic E-state index is -4.43. The Morgan fingerprint density at radius 1 is 0.733 bits per heavy atom. The first kappa shape index (κ1) is 21.5. The molecule has 0 amide bonds. The molecule has 6 heteroatoms. The van der Waals surface area contributed by atoms with Crippen molar-refractivity contribution in [2.24, 2.45) is 22.7 Å². The number of rotatable bonds is 4. The molecule has 0 spiro atoms. The maximum absolute atomic E-state index is 14.9. The van der Waals surface area contributed by atoms with Crippen LogP contribution in [0.4, 0.5) is 17.6 Å². The molecule has 7 rings (SSSR count). The molecule has 0 unspecified atom stereocenters. The lowest BCUT2D eigenvalue weighted by atomic mass is 9.48. The van der Waals surface area contributed by atoms with Gasteiger partial charge in [0.15, 0.2) is 0 Å². The molecular weight excluding hydrogens is 396 g/mol. The highest BCUT2D eigenvalue weighted by Gasteiger charge is 2.82. The highest BCUT2D eigenvalue weighted by atomic mass is 19.3. The van der Waals surface area contributed by atoms with E-state index < -0.39 is 23.0 Å². The Hall–Kier alpha value is -0.360. The fourth-order valence-corrected chi connectivity index (χ4v) is 7.79. The summed E-state index contributed by atoms with van der Waals surface area (Å²) in [5, 5.41) is 10.1. The molecule has 7 saturated carbocycles. The standard InChI is InChI=1S/C24H36F4O2/c1-17-2-4-18(5-3-17)20-9-6-19(7-10-20,8-11-20)16-30-22-14-12-21(29,13-15-22)23(25,26)24(22,27)28/h17-18,29H,2-16H2,1H3. The second-order valence-corrected chi connectivity index (χ2v) is 11.8. The van der Waals surface area contributed by atoms with Gasteiger partial charge in [-0.15, -0.1) is 0 Å². The van der Waals surface area contributed by atoms with Gasteiger partial charge in [0.2, 0.25) is 0 Å². The van der Waals surface area contributed by atoms with E-state index in [1.807, 2.05) is 0 Å². The van der Waals surface area contributed by atoms with Crippen LogP contribution in [0.25, 0.3) is 0 Å². The molecule has 7 aliphatic rings. The zero-order valence-electron chi connectivity index (χ0n) is 18.1. The average molecular weight is 433 g/mol. The molecule has 0 aromatic rings. The summed E-state index contributed by atoms with van der Waals surface area (Å²) in [6.07, 6.45) is 10.6. The van der Waals surface area contributed by atoms with Gasteiger partial charge in [-0.05, 0) is 99.7 Å². The van der Waals surface area contributed by atoms with Crippen LogP contribution in [0, 0.1) is 22.7 Å². The van der Waals surface area contributed by atoms with Gasteiger partial charge in [-0.3, -0.25) is 0 Å². The third kappa shape index (κ3) is 2.74. The maximum Gasteiger partial charge on any atom is 0.341 e. The Kier molecular flexibility index (Phi) is 4.72. The van der Waals surface area contributed by atoms with Crippen LogP contribution in [-0.2, 0) is 4.74 Å². The quantitative estimate of drug-likeness (QED) is 0.514. The molecule has 30 heavy (non-hydrogen) atoms. The number of fused-ring (bicyclic) bond motifs is 6. The molecule has 7 aliphatic carbocycles. The summed E-state index contributed by atoms with van der Waals surface area (Å²) < 4.78 is 64.5. The normalized spacial score (nSPS) is 51.8. The molecule has 0 radical (unpaired) electrons. The molecule has 0 atom stereocenters. The van der Waals surface area contributed by atoms with E-state index in [9.17, 15) is 22.7 Å². The van der Waals surface area contributed by atoms with Gasteiger partial charge in [0.1, 0.15) is 11.2 Å². The number of hydrogen-bond donors (Lipinski definition) is 1. The van der Waals surface area contributed by atoms with Crippen LogP contribution >= 0.6 is 0 Å². The van der Waals surface area contributed by atoms with Crippen LogP contribution in [-0.4, -0.2) is 34.8 Å². The Morgan fingerprint density at radius 2 is 1.27 bits per heavy atom. The van der Waals surface area contributed by atoms with Gasteiger partial charge in [-0.1, -0.05) is 19.8 Å². The van der Waals surface area contributed by atoms with Gasteiger partial charge in [-0.2, -0.15) is 17.6 Å². The van der Waals surface area contributed by atoms with Crippen molar-refractivity contribution >= 4 is 0 Å². The fraction of sp³-hybridized carbons (Fsp3) is 1.00. The summed E-state index contributed by atoms with van der Waals surface area (Å²) in [7, 11) is 0.